The summed E-state index contributed by atoms with van der Waals surface area (Å²) in [5, 5.41) is 3.82. The van der Waals surface area contributed by atoms with Crippen LogP contribution in [0.25, 0.3) is 11.6 Å². The van der Waals surface area contributed by atoms with Crippen LogP contribution in [0.3, 0.4) is 0 Å². The number of amides is 1. The first kappa shape index (κ1) is 15.9. The minimum Gasteiger partial charge on any atom is -0.461 e. The number of halogens is 1. The number of aromatic nitrogens is 2. The van der Waals surface area contributed by atoms with Gasteiger partial charge in [0, 0.05) is 25.1 Å². The van der Waals surface area contributed by atoms with E-state index < -0.39 is 0 Å². The van der Waals surface area contributed by atoms with Crippen LogP contribution in [0.2, 0.25) is 0 Å². The molecule has 1 amide bonds. The van der Waals surface area contributed by atoms with Gasteiger partial charge in [-0.15, -0.1) is 0 Å². The topological polar surface area (TPSA) is 72.4 Å². The van der Waals surface area contributed by atoms with Gasteiger partial charge < -0.3 is 13.8 Å². The first-order valence-electron chi connectivity index (χ1n) is 7.59. The molecule has 0 aliphatic heterocycles. The van der Waals surface area contributed by atoms with Crippen LogP contribution in [0, 0.1) is 5.82 Å². The van der Waals surface area contributed by atoms with Crippen molar-refractivity contribution in [2.45, 2.75) is 19.8 Å². The fraction of sp³-hybridized carbons (Fsp3) is 0.235. The standard InChI is InChI=1S/C17H16FN3O3/c1-2-21(13-7-5-12(18)6-8-13)16(22)10-9-15-19-17(20-24-15)14-4-3-11-23-14/h3-8,11H,2,9-10H2,1H3. The molecule has 0 saturated heterocycles. The molecule has 0 aliphatic carbocycles. The maximum absolute atomic E-state index is 13.0. The molecule has 124 valence electrons. The highest BCUT2D eigenvalue weighted by Crippen LogP contribution is 2.18. The van der Waals surface area contributed by atoms with E-state index in [0.717, 1.165) is 0 Å². The summed E-state index contributed by atoms with van der Waals surface area (Å²) in [6.07, 6.45) is 2.06. The van der Waals surface area contributed by atoms with E-state index >= 15 is 0 Å². The number of hydrogen-bond acceptors (Lipinski definition) is 5. The highest BCUT2D eigenvalue weighted by Gasteiger charge is 2.17. The molecular weight excluding hydrogens is 313 g/mol. The van der Waals surface area contributed by atoms with E-state index in [1.165, 1.54) is 18.4 Å². The quantitative estimate of drug-likeness (QED) is 0.692. The van der Waals surface area contributed by atoms with Crippen LogP contribution in [-0.2, 0) is 11.2 Å². The minimum absolute atomic E-state index is 0.0955. The molecule has 0 radical (unpaired) electrons. The third kappa shape index (κ3) is 3.51. The number of anilines is 1. The molecule has 0 spiro atoms. The first-order valence-corrected chi connectivity index (χ1v) is 7.59. The van der Waals surface area contributed by atoms with Crippen molar-refractivity contribution in [1.29, 1.82) is 0 Å². The van der Waals surface area contributed by atoms with Crippen LogP contribution in [-0.4, -0.2) is 22.6 Å². The molecule has 24 heavy (non-hydrogen) atoms. The molecule has 0 N–H and O–H groups in total. The van der Waals surface area contributed by atoms with Gasteiger partial charge in [0.25, 0.3) is 0 Å². The van der Waals surface area contributed by atoms with Gasteiger partial charge in [-0.2, -0.15) is 4.98 Å². The van der Waals surface area contributed by atoms with Gasteiger partial charge in [-0.3, -0.25) is 4.79 Å². The first-order chi connectivity index (χ1) is 11.7. The summed E-state index contributed by atoms with van der Waals surface area (Å²) >= 11 is 0. The second-order valence-corrected chi connectivity index (χ2v) is 5.10. The Hall–Kier alpha value is -2.96. The number of rotatable bonds is 6. The molecule has 3 rings (SSSR count). The summed E-state index contributed by atoms with van der Waals surface area (Å²) in [5.74, 6) is 0.802. The molecular formula is C17H16FN3O3. The smallest absolute Gasteiger partial charge is 0.238 e. The average molecular weight is 329 g/mol. The van der Waals surface area contributed by atoms with E-state index in [-0.39, 0.29) is 18.1 Å². The lowest BCUT2D eigenvalue weighted by atomic mass is 10.2. The number of carbonyl (C=O) groups excluding carboxylic acids is 1. The second kappa shape index (κ2) is 7.08. The van der Waals surface area contributed by atoms with Gasteiger partial charge in [0.15, 0.2) is 5.76 Å². The van der Waals surface area contributed by atoms with Crippen molar-refractivity contribution in [2.24, 2.45) is 0 Å². The van der Waals surface area contributed by atoms with Crippen molar-refractivity contribution in [2.75, 3.05) is 11.4 Å². The van der Waals surface area contributed by atoms with Crippen LogP contribution in [0.4, 0.5) is 10.1 Å². The monoisotopic (exact) mass is 329 g/mol. The number of aryl methyl sites for hydroxylation is 1. The summed E-state index contributed by atoms with van der Waals surface area (Å²) in [6, 6.07) is 9.29. The van der Waals surface area contributed by atoms with Crippen LogP contribution in [0.15, 0.2) is 51.6 Å². The molecule has 2 aromatic heterocycles. The highest BCUT2D eigenvalue weighted by molar-refractivity contribution is 5.93. The van der Waals surface area contributed by atoms with Crippen LogP contribution >= 0.6 is 0 Å². The lowest BCUT2D eigenvalue weighted by molar-refractivity contribution is -0.118. The Bertz CT molecular complexity index is 797. The molecule has 0 aliphatic rings. The normalized spacial score (nSPS) is 10.8. The second-order valence-electron chi connectivity index (χ2n) is 5.10. The van der Waals surface area contributed by atoms with Gasteiger partial charge in [-0.1, -0.05) is 5.16 Å². The molecule has 1 aromatic carbocycles. The van der Waals surface area contributed by atoms with E-state index in [4.69, 9.17) is 8.94 Å². The minimum atomic E-state index is -0.335. The van der Waals surface area contributed by atoms with Crippen molar-refractivity contribution in [3.05, 3.63) is 54.4 Å². The third-order valence-electron chi connectivity index (χ3n) is 3.52. The molecule has 3 aromatic rings. The number of carbonyl (C=O) groups is 1. The van der Waals surface area contributed by atoms with Crippen molar-refractivity contribution < 1.29 is 18.1 Å². The van der Waals surface area contributed by atoms with Gasteiger partial charge >= 0.3 is 0 Å². The van der Waals surface area contributed by atoms with Crippen LogP contribution < -0.4 is 4.90 Å². The Morgan fingerprint density at radius 2 is 2.04 bits per heavy atom. The third-order valence-corrected chi connectivity index (χ3v) is 3.52. The Morgan fingerprint density at radius 1 is 1.25 bits per heavy atom. The van der Waals surface area contributed by atoms with Gasteiger partial charge in [0.2, 0.25) is 17.6 Å². The largest absolute Gasteiger partial charge is 0.461 e. The van der Waals surface area contributed by atoms with E-state index in [2.05, 4.69) is 10.1 Å². The van der Waals surface area contributed by atoms with E-state index in [9.17, 15) is 9.18 Å². The zero-order chi connectivity index (χ0) is 16.9. The molecule has 6 nitrogen and oxygen atoms in total. The molecule has 7 heteroatoms. The zero-order valence-corrected chi connectivity index (χ0v) is 13.1. The number of benzene rings is 1. The fourth-order valence-electron chi connectivity index (χ4n) is 2.34. The van der Waals surface area contributed by atoms with E-state index in [1.54, 1.807) is 29.2 Å². The van der Waals surface area contributed by atoms with Crippen molar-refractivity contribution in [1.82, 2.24) is 10.1 Å². The maximum atomic E-state index is 13.0. The van der Waals surface area contributed by atoms with Gasteiger partial charge in [-0.05, 0) is 43.3 Å². The van der Waals surface area contributed by atoms with E-state index in [0.29, 0.717) is 36.1 Å². The Labute approximate surface area is 137 Å². The molecule has 0 unspecified atom stereocenters. The van der Waals surface area contributed by atoms with Gasteiger partial charge in [0.1, 0.15) is 5.82 Å². The highest BCUT2D eigenvalue weighted by atomic mass is 19.1. The predicted molar refractivity (Wildman–Crippen MR) is 84.7 cm³/mol. The number of hydrogen-bond donors (Lipinski definition) is 0. The number of furan rings is 1. The summed E-state index contributed by atoms with van der Waals surface area (Å²) in [7, 11) is 0. The Morgan fingerprint density at radius 3 is 2.71 bits per heavy atom. The Kier molecular flexibility index (Phi) is 4.69. The molecule has 2 heterocycles. The molecule has 0 bridgehead atoms. The number of nitrogens with zero attached hydrogens (tertiary/aromatic N) is 3. The van der Waals surface area contributed by atoms with Crippen LogP contribution in [0.5, 0.6) is 0 Å². The average Bonchev–Trinajstić information content (AvgIpc) is 3.26. The van der Waals surface area contributed by atoms with Crippen molar-refractivity contribution >= 4 is 11.6 Å². The Balaban J connectivity index is 1.63. The van der Waals surface area contributed by atoms with Gasteiger partial charge in [0.05, 0.1) is 6.26 Å². The van der Waals surface area contributed by atoms with E-state index in [1.807, 2.05) is 6.92 Å². The van der Waals surface area contributed by atoms with Crippen molar-refractivity contribution in [3.8, 4) is 11.6 Å². The summed E-state index contributed by atoms with van der Waals surface area (Å²) in [4.78, 5) is 18.2. The molecule has 0 atom stereocenters. The fourth-order valence-corrected chi connectivity index (χ4v) is 2.34. The molecule has 0 fully saturated rings. The predicted octanol–water partition coefficient (Wildman–Crippen LogP) is 3.45. The van der Waals surface area contributed by atoms with Crippen molar-refractivity contribution in [3.63, 3.8) is 0 Å². The lowest BCUT2D eigenvalue weighted by Crippen LogP contribution is -2.30. The zero-order valence-electron chi connectivity index (χ0n) is 13.1. The van der Waals surface area contributed by atoms with Gasteiger partial charge in [-0.25, -0.2) is 4.39 Å². The van der Waals surface area contributed by atoms with Crippen LogP contribution in [0.1, 0.15) is 19.2 Å². The SMILES string of the molecule is CCN(C(=O)CCc1nc(-c2ccco2)no1)c1ccc(F)cc1. The maximum Gasteiger partial charge on any atom is 0.238 e. The summed E-state index contributed by atoms with van der Waals surface area (Å²) < 4.78 is 23.3. The summed E-state index contributed by atoms with van der Waals surface area (Å²) in [6.45, 7) is 2.36. The molecule has 0 saturated carbocycles. The lowest BCUT2D eigenvalue weighted by Gasteiger charge is -2.20. The summed E-state index contributed by atoms with van der Waals surface area (Å²) in [5.41, 5.74) is 0.658.